The van der Waals surface area contributed by atoms with Crippen LogP contribution in [0.15, 0.2) is 61.9 Å². The van der Waals surface area contributed by atoms with Crippen LogP contribution in [0.2, 0.25) is 5.02 Å². The van der Waals surface area contributed by atoms with Gasteiger partial charge in [0, 0.05) is 30.3 Å². The highest BCUT2D eigenvalue weighted by Gasteiger charge is 2.33. The number of benzene rings is 1. The van der Waals surface area contributed by atoms with Gasteiger partial charge in [-0.15, -0.1) is 0 Å². The Kier molecular flexibility index (Phi) is 6.90. The van der Waals surface area contributed by atoms with Crippen molar-refractivity contribution in [2.24, 2.45) is 10.9 Å². The standard InChI is InChI=1S/C27H28ClN3O4S/c1-4-34-26(33)23-17(3)29-27-31(24(23)18-5-7-19(28)8-6-18)25(32)21(36-27)15-20-9-10-22(35-20)30-13-11-16(2)12-14-30/h5-10,15-16,24H,4,11-14H2,1-3H3/b21-15+/t24-/m1/s1. The summed E-state index contributed by atoms with van der Waals surface area (Å²) in [5, 5.41) is 0.571. The lowest BCUT2D eigenvalue weighted by atomic mass is 9.96. The third kappa shape index (κ3) is 4.67. The van der Waals surface area contributed by atoms with Gasteiger partial charge in [-0.3, -0.25) is 9.36 Å². The summed E-state index contributed by atoms with van der Waals surface area (Å²) in [5.74, 6) is 1.67. The molecule has 0 amide bonds. The molecule has 1 atom stereocenters. The van der Waals surface area contributed by atoms with Crippen molar-refractivity contribution in [3.8, 4) is 0 Å². The van der Waals surface area contributed by atoms with E-state index in [4.69, 9.17) is 20.8 Å². The Morgan fingerprint density at radius 2 is 1.94 bits per heavy atom. The van der Waals surface area contributed by atoms with Crippen LogP contribution >= 0.6 is 22.9 Å². The van der Waals surface area contributed by atoms with Crippen molar-refractivity contribution in [1.82, 2.24) is 4.57 Å². The number of carbonyl (C=O) groups is 1. The fraction of sp³-hybridized carbons (Fsp3) is 0.370. The van der Waals surface area contributed by atoms with Crippen LogP contribution in [0.4, 0.5) is 5.88 Å². The molecule has 9 heteroatoms. The molecular formula is C27H28ClN3O4S. The van der Waals surface area contributed by atoms with Gasteiger partial charge in [-0.05, 0) is 56.4 Å². The number of anilines is 1. The number of furan rings is 1. The van der Waals surface area contributed by atoms with Gasteiger partial charge in [-0.2, -0.15) is 0 Å². The third-order valence-corrected chi connectivity index (χ3v) is 7.92. The second-order valence-electron chi connectivity index (χ2n) is 9.20. The van der Waals surface area contributed by atoms with Gasteiger partial charge in [0.25, 0.3) is 5.56 Å². The number of carbonyl (C=O) groups excluding carboxylic acids is 1. The number of hydrogen-bond donors (Lipinski definition) is 0. The molecular weight excluding hydrogens is 498 g/mol. The molecule has 0 unspecified atom stereocenters. The fourth-order valence-corrected chi connectivity index (χ4v) is 5.85. The zero-order valence-corrected chi connectivity index (χ0v) is 22.1. The van der Waals surface area contributed by atoms with E-state index in [1.54, 1.807) is 36.6 Å². The van der Waals surface area contributed by atoms with Gasteiger partial charge in [0.05, 0.1) is 28.5 Å². The van der Waals surface area contributed by atoms with Crippen molar-refractivity contribution >= 4 is 40.9 Å². The fourth-order valence-electron chi connectivity index (χ4n) is 4.70. The van der Waals surface area contributed by atoms with Gasteiger partial charge in [-0.25, -0.2) is 9.79 Å². The number of hydrogen-bond acceptors (Lipinski definition) is 7. The molecule has 1 fully saturated rings. The number of thiazole rings is 1. The number of ether oxygens (including phenoxy) is 1. The molecule has 2 aliphatic rings. The normalized spacial score (nSPS) is 18.8. The summed E-state index contributed by atoms with van der Waals surface area (Å²) in [6.07, 6.45) is 4.03. The maximum absolute atomic E-state index is 13.7. The molecule has 1 aromatic carbocycles. The molecule has 36 heavy (non-hydrogen) atoms. The Morgan fingerprint density at radius 3 is 2.64 bits per heavy atom. The van der Waals surface area contributed by atoms with Gasteiger partial charge in [-0.1, -0.05) is 42.0 Å². The second-order valence-corrected chi connectivity index (χ2v) is 10.6. The topological polar surface area (TPSA) is 77.0 Å². The number of rotatable bonds is 5. The molecule has 7 nitrogen and oxygen atoms in total. The van der Waals surface area contributed by atoms with Crippen LogP contribution in [0.5, 0.6) is 0 Å². The highest BCUT2D eigenvalue weighted by Crippen LogP contribution is 2.31. The second kappa shape index (κ2) is 10.1. The first-order valence-electron chi connectivity index (χ1n) is 12.2. The molecule has 3 aromatic rings. The predicted octanol–water partition coefficient (Wildman–Crippen LogP) is 4.28. The van der Waals surface area contributed by atoms with Crippen LogP contribution in [-0.2, 0) is 9.53 Å². The lowest BCUT2D eigenvalue weighted by Gasteiger charge is -2.29. The maximum atomic E-state index is 13.7. The minimum Gasteiger partial charge on any atom is -0.463 e. The molecule has 0 N–H and O–H groups in total. The molecule has 0 spiro atoms. The van der Waals surface area contributed by atoms with E-state index in [0.717, 1.165) is 43.3 Å². The summed E-state index contributed by atoms with van der Waals surface area (Å²) in [6.45, 7) is 7.95. The summed E-state index contributed by atoms with van der Waals surface area (Å²) < 4.78 is 13.5. The molecule has 188 valence electrons. The predicted molar refractivity (Wildman–Crippen MR) is 141 cm³/mol. The Morgan fingerprint density at radius 1 is 1.22 bits per heavy atom. The van der Waals surface area contributed by atoms with E-state index in [1.807, 2.05) is 24.3 Å². The van der Waals surface area contributed by atoms with Gasteiger partial charge < -0.3 is 14.1 Å². The van der Waals surface area contributed by atoms with Gasteiger partial charge in [0.2, 0.25) is 0 Å². The minimum atomic E-state index is -0.665. The average Bonchev–Trinajstić information content (AvgIpc) is 3.44. The van der Waals surface area contributed by atoms with Crippen LogP contribution in [0.25, 0.3) is 6.08 Å². The highest BCUT2D eigenvalue weighted by molar-refractivity contribution is 7.07. The van der Waals surface area contributed by atoms with Gasteiger partial charge in [0.1, 0.15) is 5.76 Å². The Bertz CT molecular complexity index is 1490. The first-order valence-corrected chi connectivity index (χ1v) is 13.3. The number of esters is 1. The molecule has 2 aliphatic heterocycles. The van der Waals surface area contributed by atoms with E-state index in [-0.39, 0.29) is 12.2 Å². The van der Waals surface area contributed by atoms with E-state index in [1.165, 1.54) is 11.3 Å². The highest BCUT2D eigenvalue weighted by atomic mass is 35.5. The lowest BCUT2D eigenvalue weighted by molar-refractivity contribution is -0.139. The summed E-state index contributed by atoms with van der Waals surface area (Å²) in [4.78, 5) is 34.0. The number of halogens is 1. The van der Waals surface area contributed by atoms with E-state index < -0.39 is 12.0 Å². The lowest BCUT2D eigenvalue weighted by Crippen LogP contribution is -2.39. The quantitative estimate of drug-likeness (QED) is 0.465. The van der Waals surface area contributed by atoms with E-state index >= 15 is 0 Å². The Labute approximate surface area is 218 Å². The number of aromatic nitrogens is 1. The van der Waals surface area contributed by atoms with Crippen molar-refractivity contribution in [3.63, 3.8) is 0 Å². The van der Waals surface area contributed by atoms with Crippen LogP contribution in [0, 0.1) is 5.92 Å². The SMILES string of the molecule is CCOC(=O)C1=C(C)N=c2s/c(=C/c3ccc(N4CCC(C)CC4)o3)c(=O)n2[C@@H]1c1ccc(Cl)cc1. The maximum Gasteiger partial charge on any atom is 0.338 e. The van der Waals surface area contributed by atoms with Gasteiger partial charge in [0.15, 0.2) is 10.7 Å². The molecule has 0 bridgehead atoms. The van der Waals surface area contributed by atoms with Crippen LogP contribution in [0.1, 0.15) is 51.0 Å². The number of fused-ring (bicyclic) bond motifs is 1. The summed E-state index contributed by atoms with van der Waals surface area (Å²) in [7, 11) is 0. The first-order chi connectivity index (χ1) is 17.4. The number of allylic oxidation sites excluding steroid dienone is 1. The molecule has 0 saturated carbocycles. The summed E-state index contributed by atoms with van der Waals surface area (Å²) >= 11 is 7.39. The number of nitrogens with zero attached hydrogens (tertiary/aromatic N) is 3. The van der Waals surface area contributed by atoms with Crippen molar-refractivity contribution in [2.75, 3.05) is 24.6 Å². The molecule has 5 rings (SSSR count). The van der Waals surface area contributed by atoms with Crippen molar-refractivity contribution in [1.29, 1.82) is 0 Å². The Balaban J connectivity index is 1.58. The average molecular weight is 526 g/mol. The van der Waals surface area contributed by atoms with Crippen molar-refractivity contribution in [2.45, 2.75) is 39.7 Å². The summed E-state index contributed by atoms with van der Waals surface area (Å²) in [6, 6.07) is 10.3. The van der Waals surface area contributed by atoms with Crippen LogP contribution < -0.4 is 19.8 Å². The molecule has 1 saturated heterocycles. The summed E-state index contributed by atoms with van der Waals surface area (Å²) in [5.41, 5.74) is 1.39. The zero-order chi connectivity index (χ0) is 25.4. The molecule has 0 radical (unpaired) electrons. The van der Waals surface area contributed by atoms with Crippen LogP contribution in [-0.4, -0.2) is 30.2 Å². The first kappa shape index (κ1) is 24.6. The zero-order valence-electron chi connectivity index (χ0n) is 20.5. The number of piperidine rings is 1. The van der Waals surface area contributed by atoms with Crippen molar-refractivity contribution in [3.05, 3.63) is 83.7 Å². The molecule has 2 aromatic heterocycles. The van der Waals surface area contributed by atoms with E-state index in [0.29, 0.717) is 31.4 Å². The monoisotopic (exact) mass is 525 g/mol. The van der Waals surface area contributed by atoms with Gasteiger partial charge >= 0.3 is 5.97 Å². The minimum absolute atomic E-state index is 0.226. The largest absolute Gasteiger partial charge is 0.463 e. The molecule has 4 heterocycles. The van der Waals surface area contributed by atoms with Crippen molar-refractivity contribution < 1.29 is 13.9 Å². The van der Waals surface area contributed by atoms with Crippen LogP contribution in [0.3, 0.4) is 0 Å². The van der Waals surface area contributed by atoms with E-state index in [2.05, 4.69) is 16.8 Å². The van der Waals surface area contributed by atoms with E-state index in [9.17, 15) is 9.59 Å². The smallest absolute Gasteiger partial charge is 0.338 e. The third-order valence-electron chi connectivity index (χ3n) is 6.68. The molecule has 0 aliphatic carbocycles. The Hall–Kier alpha value is -3.10.